The van der Waals surface area contributed by atoms with E-state index in [-0.39, 0.29) is 5.56 Å². The number of H-pyrrole nitrogens is 1. The standard InChI is InChI=1S/C12H13N3O2/c1-2-3-17-10-4-9(6-13-7-10)11-5-12(16)15-8-14-11/h4-8H,2-3H2,1H3,(H,14,15,16). The SMILES string of the molecule is CCCOc1cncc(-c2cc(=O)[nH]cn2)c1. The number of aromatic nitrogens is 3. The minimum atomic E-state index is -0.185. The summed E-state index contributed by atoms with van der Waals surface area (Å²) in [5.41, 5.74) is 1.17. The van der Waals surface area contributed by atoms with E-state index in [2.05, 4.69) is 15.0 Å². The number of aromatic amines is 1. The van der Waals surface area contributed by atoms with Crippen LogP contribution in [-0.4, -0.2) is 21.6 Å². The third-order valence-corrected chi connectivity index (χ3v) is 2.16. The molecule has 0 aliphatic heterocycles. The van der Waals surface area contributed by atoms with Crippen LogP contribution in [0.4, 0.5) is 0 Å². The van der Waals surface area contributed by atoms with Crippen molar-refractivity contribution in [2.24, 2.45) is 0 Å². The lowest BCUT2D eigenvalue weighted by molar-refractivity contribution is 0.316. The smallest absolute Gasteiger partial charge is 0.251 e. The molecule has 0 aliphatic carbocycles. The van der Waals surface area contributed by atoms with Crippen LogP contribution in [0.5, 0.6) is 5.75 Å². The molecule has 2 heterocycles. The van der Waals surface area contributed by atoms with Crippen molar-refractivity contribution in [3.8, 4) is 17.0 Å². The van der Waals surface area contributed by atoms with E-state index in [1.807, 2.05) is 13.0 Å². The Kier molecular flexibility index (Phi) is 3.49. The van der Waals surface area contributed by atoms with Crippen molar-refractivity contribution in [1.29, 1.82) is 0 Å². The quantitative estimate of drug-likeness (QED) is 0.868. The molecular weight excluding hydrogens is 218 g/mol. The summed E-state index contributed by atoms with van der Waals surface area (Å²) in [6, 6.07) is 3.26. The summed E-state index contributed by atoms with van der Waals surface area (Å²) in [5.74, 6) is 0.687. The van der Waals surface area contributed by atoms with Gasteiger partial charge in [-0.1, -0.05) is 6.92 Å². The molecule has 5 nitrogen and oxygen atoms in total. The maximum Gasteiger partial charge on any atom is 0.251 e. The number of ether oxygens (including phenoxy) is 1. The van der Waals surface area contributed by atoms with Crippen LogP contribution in [-0.2, 0) is 0 Å². The van der Waals surface area contributed by atoms with Crippen LogP contribution in [0.1, 0.15) is 13.3 Å². The van der Waals surface area contributed by atoms with Gasteiger partial charge in [0.1, 0.15) is 5.75 Å². The van der Waals surface area contributed by atoms with Gasteiger partial charge >= 0.3 is 0 Å². The summed E-state index contributed by atoms with van der Waals surface area (Å²) in [6.07, 6.45) is 5.61. The summed E-state index contributed by atoms with van der Waals surface area (Å²) >= 11 is 0. The van der Waals surface area contributed by atoms with E-state index >= 15 is 0 Å². The lowest BCUT2D eigenvalue weighted by atomic mass is 10.2. The first-order valence-electron chi connectivity index (χ1n) is 5.42. The Labute approximate surface area is 98.5 Å². The second-order valence-electron chi connectivity index (χ2n) is 3.55. The van der Waals surface area contributed by atoms with Crippen molar-refractivity contribution >= 4 is 0 Å². The number of nitrogens with zero attached hydrogens (tertiary/aromatic N) is 2. The highest BCUT2D eigenvalue weighted by Crippen LogP contribution is 2.19. The Bertz CT molecular complexity index is 551. The van der Waals surface area contributed by atoms with Crippen molar-refractivity contribution in [2.75, 3.05) is 6.61 Å². The van der Waals surface area contributed by atoms with Crippen molar-refractivity contribution < 1.29 is 4.74 Å². The number of nitrogens with one attached hydrogen (secondary N) is 1. The van der Waals surface area contributed by atoms with E-state index in [1.165, 1.54) is 12.4 Å². The monoisotopic (exact) mass is 231 g/mol. The molecule has 0 atom stereocenters. The lowest BCUT2D eigenvalue weighted by Crippen LogP contribution is -2.04. The first kappa shape index (κ1) is 11.3. The highest BCUT2D eigenvalue weighted by atomic mass is 16.5. The van der Waals surface area contributed by atoms with Crippen LogP contribution in [0, 0.1) is 0 Å². The van der Waals surface area contributed by atoms with Gasteiger partial charge in [0.2, 0.25) is 0 Å². The minimum Gasteiger partial charge on any atom is -0.492 e. The summed E-state index contributed by atoms with van der Waals surface area (Å²) < 4.78 is 5.47. The molecule has 2 rings (SSSR count). The van der Waals surface area contributed by atoms with Crippen LogP contribution in [0.25, 0.3) is 11.3 Å². The maximum absolute atomic E-state index is 11.2. The molecular formula is C12H13N3O2. The van der Waals surface area contributed by atoms with Crippen molar-refractivity contribution in [2.45, 2.75) is 13.3 Å². The van der Waals surface area contributed by atoms with Crippen LogP contribution in [0.2, 0.25) is 0 Å². The first-order valence-corrected chi connectivity index (χ1v) is 5.42. The Morgan fingerprint density at radius 2 is 2.24 bits per heavy atom. The minimum absolute atomic E-state index is 0.185. The normalized spacial score (nSPS) is 10.2. The third kappa shape index (κ3) is 2.90. The molecule has 0 saturated carbocycles. The molecule has 5 heteroatoms. The van der Waals surface area contributed by atoms with Crippen molar-refractivity contribution in [3.05, 3.63) is 41.2 Å². The summed E-state index contributed by atoms with van der Waals surface area (Å²) in [5, 5.41) is 0. The van der Waals surface area contributed by atoms with Gasteiger partial charge in [0.15, 0.2) is 0 Å². The second kappa shape index (κ2) is 5.25. The topological polar surface area (TPSA) is 67.9 Å². The molecule has 0 saturated heterocycles. The zero-order chi connectivity index (χ0) is 12.1. The lowest BCUT2D eigenvalue weighted by Gasteiger charge is -2.05. The summed E-state index contributed by atoms with van der Waals surface area (Å²) in [4.78, 5) is 21.8. The molecule has 0 fully saturated rings. The molecule has 0 radical (unpaired) electrons. The van der Waals surface area contributed by atoms with Crippen LogP contribution in [0.15, 0.2) is 35.6 Å². The van der Waals surface area contributed by atoms with Gasteiger partial charge in [-0.2, -0.15) is 0 Å². The van der Waals surface area contributed by atoms with Gasteiger partial charge in [-0.05, 0) is 12.5 Å². The fraction of sp³-hybridized carbons (Fsp3) is 0.250. The number of rotatable bonds is 4. The van der Waals surface area contributed by atoms with E-state index in [0.29, 0.717) is 18.1 Å². The molecule has 88 valence electrons. The average Bonchev–Trinajstić information content (AvgIpc) is 2.37. The molecule has 17 heavy (non-hydrogen) atoms. The Morgan fingerprint density at radius 1 is 1.35 bits per heavy atom. The van der Waals surface area contributed by atoms with Gasteiger partial charge in [0.05, 0.1) is 24.8 Å². The molecule has 0 bridgehead atoms. The van der Waals surface area contributed by atoms with Gasteiger partial charge in [-0.15, -0.1) is 0 Å². The largest absolute Gasteiger partial charge is 0.492 e. The van der Waals surface area contributed by atoms with Gasteiger partial charge in [-0.25, -0.2) is 4.98 Å². The zero-order valence-corrected chi connectivity index (χ0v) is 9.51. The Hall–Kier alpha value is -2.17. The predicted molar refractivity (Wildman–Crippen MR) is 63.9 cm³/mol. The van der Waals surface area contributed by atoms with E-state index < -0.39 is 0 Å². The molecule has 2 aromatic heterocycles. The van der Waals surface area contributed by atoms with Gasteiger partial charge in [0, 0.05) is 17.8 Å². The van der Waals surface area contributed by atoms with E-state index in [4.69, 9.17) is 4.74 Å². The Morgan fingerprint density at radius 3 is 3.00 bits per heavy atom. The fourth-order valence-electron chi connectivity index (χ4n) is 1.38. The highest BCUT2D eigenvalue weighted by Gasteiger charge is 2.02. The molecule has 0 unspecified atom stereocenters. The molecule has 0 spiro atoms. The highest BCUT2D eigenvalue weighted by molar-refractivity contribution is 5.58. The van der Waals surface area contributed by atoms with Gasteiger partial charge in [-0.3, -0.25) is 9.78 Å². The van der Waals surface area contributed by atoms with Crippen LogP contribution in [0.3, 0.4) is 0 Å². The van der Waals surface area contributed by atoms with Crippen LogP contribution < -0.4 is 10.3 Å². The summed E-state index contributed by atoms with van der Waals surface area (Å²) in [7, 11) is 0. The van der Waals surface area contributed by atoms with E-state index in [1.54, 1.807) is 12.4 Å². The molecule has 0 amide bonds. The number of pyridine rings is 1. The number of hydrogen-bond acceptors (Lipinski definition) is 4. The molecule has 1 N–H and O–H groups in total. The van der Waals surface area contributed by atoms with E-state index in [0.717, 1.165) is 12.0 Å². The predicted octanol–water partition coefficient (Wildman–Crippen LogP) is 1.62. The average molecular weight is 231 g/mol. The second-order valence-corrected chi connectivity index (χ2v) is 3.55. The van der Waals surface area contributed by atoms with Crippen molar-refractivity contribution in [3.63, 3.8) is 0 Å². The fourth-order valence-corrected chi connectivity index (χ4v) is 1.38. The molecule has 0 aliphatic rings. The van der Waals surface area contributed by atoms with Gasteiger partial charge < -0.3 is 9.72 Å². The van der Waals surface area contributed by atoms with Gasteiger partial charge in [0.25, 0.3) is 5.56 Å². The maximum atomic E-state index is 11.2. The first-order chi connectivity index (χ1) is 8.29. The van der Waals surface area contributed by atoms with Crippen LogP contribution >= 0.6 is 0 Å². The molecule has 2 aromatic rings. The third-order valence-electron chi connectivity index (χ3n) is 2.16. The number of hydrogen-bond donors (Lipinski definition) is 1. The summed E-state index contributed by atoms with van der Waals surface area (Å²) in [6.45, 7) is 2.68. The zero-order valence-electron chi connectivity index (χ0n) is 9.51. The van der Waals surface area contributed by atoms with E-state index in [9.17, 15) is 4.79 Å². The van der Waals surface area contributed by atoms with Crippen molar-refractivity contribution in [1.82, 2.24) is 15.0 Å². The Balaban J connectivity index is 2.29. The molecule has 0 aromatic carbocycles.